The van der Waals surface area contributed by atoms with E-state index in [1.54, 1.807) is 27.4 Å². The number of ether oxygens (including phenoxy) is 5. The number of carbonyl (C=O) groups is 1. The molecular formula is C23H23NO6. The summed E-state index contributed by atoms with van der Waals surface area (Å²) in [6.45, 7) is 0.189. The molecule has 7 nitrogen and oxygen atoms in total. The molecule has 2 aromatic carbocycles. The lowest BCUT2D eigenvalue weighted by Crippen LogP contribution is -2.27. The third-order valence-electron chi connectivity index (χ3n) is 5.93. The summed E-state index contributed by atoms with van der Waals surface area (Å²) in [5.41, 5.74) is 4.44. The van der Waals surface area contributed by atoms with E-state index in [1.807, 2.05) is 18.2 Å². The fourth-order valence-corrected chi connectivity index (χ4v) is 4.55. The summed E-state index contributed by atoms with van der Waals surface area (Å²) in [5, 5.41) is 3.47. The lowest BCUT2D eigenvalue weighted by Gasteiger charge is -2.35. The van der Waals surface area contributed by atoms with Crippen LogP contribution in [0.15, 0.2) is 35.5 Å². The Labute approximate surface area is 174 Å². The van der Waals surface area contributed by atoms with Crippen LogP contribution in [0.3, 0.4) is 0 Å². The third kappa shape index (κ3) is 2.76. The van der Waals surface area contributed by atoms with Crippen LogP contribution in [0.4, 0.5) is 5.69 Å². The number of fused-ring (bicyclic) bond motifs is 2. The van der Waals surface area contributed by atoms with Gasteiger partial charge in [-0.15, -0.1) is 0 Å². The van der Waals surface area contributed by atoms with Crippen molar-refractivity contribution in [1.29, 1.82) is 0 Å². The minimum Gasteiger partial charge on any atom is -0.496 e. The van der Waals surface area contributed by atoms with Gasteiger partial charge in [0, 0.05) is 47.0 Å². The number of allylic oxidation sites excluding steroid dienone is 2. The van der Waals surface area contributed by atoms with E-state index in [0.717, 1.165) is 40.9 Å². The SMILES string of the molecule is COc1cc(OC)c([C@@H]2C3=C(CCCC3=O)Nc3cc4c(cc32)OCO4)cc1OC. The van der Waals surface area contributed by atoms with Crippen molar-refractivity contribution in [3.63, 3.8) is 0 Å². The minimum atomic E-state index is -0.312. The van der Waals surface area contributed by atoms with Crippen LogP contribution in [0.1, 0.15) is 36.3 Å². The quantitative estimate of drug-likeness (QED) is 0.818. The van der Waals surface area contributed by atoms with E-state index < -0.39 is 0 Å². The average molecular weight is 409 g/mol. The first-order valence-electron chi connectivity index (χ1n) is 9.91. The summed E-state index contributed by atoms with van der Waals surface area (Å²) >= 11 is 0. The van der Waals surface area contributed by atoms with Gasteiger partial charge in [0.15, 0.2) is 28.8 Å². The monoisotopic (exact) mass is 409 g/mol. The van der Waals surface area contributed by atoms with Crippen LogP contribution in [-0.4, -0.2) is 33.9 Å². The van der Waals surface area contributed by atoms with E-state index >= 15 is 0 Å². The molecule has 5 rings (SSSR count). The molecule has 1 aliphatic carbocycles. The van der Waals surface area contributed by atoms with Gasteiger partial charge >= 0.3 is 0 Å². The largest absolute Gasteiger partial charge is 0.496 e. The standard InChI is InChI=1S/C23H23NO6/c1-26-17-10-19(28-3)18(27-2)8-13(17)22-12-7-20-21(30-11-29-20)9-15(12)24-14-5-4-6-16(25)23(14)22/h7-10,22,24H,4-6,11H2,1-3H3/t22-/m1/s1. The number of nitrogens with one attached hydrogen (secondary N) is 1. The Hall–Kier alpha value is -3.35. The number of carbonyl (C=O) groups excluding carboxylic acids is 1. The van der Waals surface area contributed by atoms with Gasteiger partial charge in [-0.2, -0.15) is 0 Å². The molecule has 0 unspecified atom stereocenters. The zero-order valence-electron chi connectivity index (χ0n) is 17.2. The fourth-order valence-electron chi connectivity index (χ4n) is 4.55. The average Bonchev–Trinajstić information content (AvgIpc) is 3.22. The first-order chi connectivity index (χ1) is 14.6. The second-order valence-electron chi connectivity index (χ2n) is 7.47. The molecule has 1 N–H and O–H groups in total. The first-order valence-corrected chi connectivity index (χ1v) is 9.91. The Kier molecular flexibility index (Phi) is 4.46. The predicted molar refractivity (Wildman–Crippen MR) is 110 cm³/mol. The highest BCUT2D eigenvalue weighted by atomic mass is 16.7. The summed E-state index contributed by atoms with van der Waals surface area (Å²) in [6.07, 6.45) is 2.19. The molecule has 156 valence electrons. The van der Waals surface area contributed by atoms with Crippen molar-refractivity contribution in [1.82, 2.24) is 0 Å². The summed E-state index contributed by atoms with van der Waals surface area (Å²) in [6, 6.07) is 7.60. The van der Waals surface area contributed by atoms with Gasteiger partial charge in [-0.1, -0.05) is 0 Å². The van der Waals surface area contributed by atoms with Crippen LogP contribution >= 0.6 is 0 Å². The third-order valence-corrected chi connectivity index (χ3v) is 5.93. The summed E-state index contributed by atoms with van der Waals surface area (Å²) < 4.78 is 27.9. The molecule has 0 radical (unpaired) electrons. The molecule has 0 amide bonds. The number of Topliss-reactive ketones (excluding diaryl/α,β-unsaturated/α-hetero) is 1. The molecule has 1 atom stereocenters. The van der Waals surface area contributed by atoms with Crippen LogP contribution in [0, 0.1) is 0 Å². The number of anilines is 1. The Balaban J connectivity index is 1.77. The van der Waals surface area contributed by atoms with E-state index in [1.165, 1.54) is 0 Å². The molecule has 2 aliphatic heterocycles. The topological polar surface area (TPSA) is 75.3 Å². The summed E-state index contributed by atoms with van der Waals surface area (Å²) in [5.74, 6) is 3.00. The van der Waals surface area contributed by atoms with E-state index in [4.69, 9.17) is 23.7 Å². The normalized spacial score (nSPS) is 19.0. The number of benzene rings is 2. The van der Waals surface area contributed by atoms with Crippen molar-refractivity contribution in [2.75, 3.05) is 33.4 Å². The van der Waals surface area contributed by atoms with Crippen LogP contribution in [0.2, 0.25) is 0 Å². The summed E-state index contributed by atoms with van der Waals surface area (Å²) in [4.78, 5) is 13.1. The first kappa shape index (κ1) is 18.7. The zero-order chi connectivity index (χ0) is 20.8. The Morgan fingerprint density at radius 1 is 0.867 bits per heavy atom. The van der Waals surface area contributed by atoms with Crippen LogP contribution in [-0.2, 0) is 4.79 Å². The van der Waals surface area contributed by atoms with E-state index in [-0.39, 0.29) is 18.5 Å². The van der Waals surface area contributed by atoms with Gasteiger partial charge in [0.1, 0.15) is 5.75 Å². The van der Waals surface area contributed by atoms with E-state index in [9.17, 15) is 4.79 Å². The molecule has 2 heterocycles. The second kappa shape index (κ2) is 7.16. The smallest absolute Gasteiger partial charge is 0.231 e. The van der Waals surface area contributed by atoms with Gasteiger partial charge in [0.25, 0.3) is 0 Å². The van der Waals surface area contributed by atoms with Crippen molar-refractivity contribution < 1.29 is 28.5 Å². The molecule has 7 heteroatoms. The molecule has 0 fully saturated rings. The predicted octanol–water partition coefficient (Wildman–Crippen LogP) is 4.01. The van der Waals surface area contributed by atoms with Crippen molar-refractivity contribution in [2.45, 2.75) is 25.2 Å². The number of hydrogen-bond acceptors (Lipinski definition) is 7. The number of ketones is 1. The fraction of sp³-hybridized carbons (Fsp3) is 0.348. The van der Waals surface area contributed by atoms with Gasteiger partial charge in [0.05, 0.1) is 21.3 Å². The molecule has 0 saturated carbocycles. The highest BCUT2D eigenvalue weighted by Crippen LogP contribution is 2.52. The maximum Gasteiger partial charge on any atom is 0.231 e. The van der Waals surface area contributed by atoms with Gasteiger partial charge in [0.2, 0.25) is 6.79 Å². The molecule has 0 aromatic heterocycles. The molecule has 30 heavy (non-hydrogen) atoms. The molecule has 3 aliphatic rings. The number of hydrogen-bond donors (Lipinski definition) is 1. The van der Waals surface area contributed by atoms with Gasteiger partial charge in [-0.3, -0.25) is 4.79 Å². The lowest BCUT2D eigenvalue weighted by molar-refractivity contribution is -0.116. The highest BCUT2D eigenvalue weighted by molar-refractivity contribution is 6.01. The summed E-state index contributed by atoms with van der Waals surface area (Å²) in [7, 11) is 4.80. The number of rotatable bonds is 4. The Bertz CT molecular complexity index is 1070. The van der Waals surface area contributed by atoms with Crippen molar-refractivity contribution in [2.24, 2.45) is 0 Å². The van der Waals surface area contributed by atoms with Crippen LogP contribution in [0.25, 0.3) is 0 Å². The highest BCUT2D eigenvalue weighted by Gasteiger charge is 2.38. The van der Waals surface area contributed by atoms with Gasteiger partial charge < -0.3 is 29.0 Å². The van der Waals surface area contributed by atoms with Gasteiger partial charge in [-0.25, -0.2) is 0 Å². The second-order valence-corrected chi connectivity index (χ2v) is 7.47. The van der Waals surface area contributed by atoms with Crippen LogP contribution in [0.5, 0.6) is 28.7 Å². The van der Waals surface area contributed by atoms with E-state index in [0.29, 0.717) is 35.2 Å². The van der Waals surface area contributed by atoms with E-state index in [2.05, 4.69) is 5.32 Å². The molecule has 0 bridgehead atoms. The van der Waals surface area contributed by atoms with Crippen molar-refractivity contribution >= 4 is 11.5 Å². The van der Waals surface area contributed by atoms with Crippen LogP contribution < -0.4 is 29.0 Å². The zero-order valence-corrected chi connectivity index (χ0v) is 17.2. The minimum absolute atomic E-state index is 0.147. The van der Waals surface area contributed by atoms with Crippen molar-refractivity contribution in [3.05, 3.63) is 46.7 Å². The van der Waals surface area contributed by atoms with Gasteiger partial charge in [-0.05, 0) is 30.5 Å². The molecule has 2 aromatic rings. The lowest BCUT2D eigenvalue weighted by atomic mass is 9.75. The Morgan fingerprint density at radius 2 is 1.57 bits per heavy atom. The molecule has 0 spiro atoms. The maximum absolute atomic E-state index is 13.1. The van der Waals surface area contributed by atoms with Crippen molar-refractivity contribution in [3.8, 4) is 28.7 Å². The Morgan fingerprint density at radius 3 is 2.30 bits per heavy atom. The molecule has 0 saturated heterocycles. The number of methoxy groups -OCH3 is 3. The maximum atomic E-state index is 13.1. The molecular weight excluding hydrogens is 386 g/mol.